The summed E-state index contributed by atoms with van der Waals surface area (Å²) < 4.78 is 11.2. The van der Waals surface area contributed by atoms with Crippen LogP contribution in [0.1, 0.15) is 0 Å². The van der Waals surface area contributed by atoms with Gasteiger partial charge in [0.1, 0.15) is 16.9 Å². The topological polar surface area (TPSA) is 48.8 Å². The molecule has 0 fully saturated rings. The second-order valence-electron chi connectivity index (χ2n) is 15.7. The highest BCUT2D eigenvalue weighted by molar-refractivity contribution is 6.28. The van der Waals surface area contributed by atoms with Gasteiger partial charge in [-0.15, -0.1) is 0 Å². The zero-order chi connectivity index (χ0) is 38.3. The monoisotopic (exact) mass is 750 g/mol. The fraction of sp³-hybridized carbons (Fsp3) is 0. The normalized spacial score (nSPS) is 12.4. The Morgan fingerprint density at radius 3 is 1.98 bits per heavy atom. The van der Waals surface area contributed by atoms with Crippen molar-refractivity contribution in [3.63, 3.8) is 0 Å². The van der Waals surface area contributed by atoms with Gasteiger partial charge in [-0.2, -0.15) is 0 Å². The van der Waals surface area contributed by atoms with Crippen LogP contribution in [0.15, 0.2) is 186 Å². The van der Waals surface area contributed by atoms with E-state index in [1.807, 2.05) is 12.1 Å². The molecule has 14 rings (SSSR count). The number of para-hydroxylation sites is 4. The summed E-state index contributed by atoms with van der Waals surface area (Å²) in [4.78, 5) is 11.3. The molecule has 5 nitrogen and oxygen atoms in total. The molecule has 0 saturated heterocycles. The van der Waals surface area contributed by atoms with Crippen molar-refractivity contribution in [2.24, 2.45) is 0 Å². The van der Waals surface area contributed by atoms with Gasteiger partial charge < -0.3 is 8.98 Å². The van der Waals surface area contributed by atoms with E-state index in [1.54, 1.807) is 0 Å². The number of hydrogen-bond acceptors (Lipinski definition) is 3. The summed E-state index contributed by atoms with van der Waals surface area (Å²) in [7, 11) is 0. The smallest absolute Gasteiger partial charge is 0.165 e. The molecule has 1 aliphatic rings. The first kappa shape index (κ1) is 31.1. The number of aromatic nitrogens is 4. The standard InChI is InChI=1S/C54H30N4O/c1-2-14-33-31(13-1)25-27-42-52(33)56-54(51(55-42)32-26-28-48-40(29-32)37-18-8-12-24-47(37)59-48)58-45-23-11-7-20-39(45)49-46(58)30-41-36-17-6-10-22-44(36)57-43-21-9-5-16-35(43)34-15-3-4-19-38(34)50(49)53(41)57/h1-30H. The summed E-state index contributed by atoms with van der Waals surface area (Å²) >= 11 is 0. The van der Waals surface area contributed by atoms with E-state index < -0.39 is 0 Å². The average Bonchev–Trinajstić information content (AvgIpc) is 3.92. The highest BCUT2D eigenvalue weighted by Gasteiger charge is 2.30. The Balaban J connectivity index is 1.20. The maximum Gasteiger partial charge on any atom is 0.165 e. The summed E-state index contributed by atoms with van der Waals surface area (Å²) in [5.74, 6) is 0.785. The molecule has 0 unspecified atom stereocenters. The Bertz CT molecular complexity index is 3980. The molecule has 0 N–H and O–H groups in total. The van der Waals surface area contributed by atoms with Gasteiger partial charge >= 0.3 is 0 Å². The van der Waals surface area contributed by atoms with Gasteiger partial charge in [0.05, 0.1) is 38.8 Å². The number of furan rings is 1. The Labute approximate surface area is 336 Å². The average molecular weight is 751 g/mol. The van der Waals surface area contributed by atoms with Crippen LogP contribution in [0.4, 0.5) is 0 Å². The first-order valence-corrected chi connectivity index (χ1v) is 20.1. The van der Waals surface area contributed by atoms with Crippen molar-refractivity contribution >= 4 is 87.4 Å². The fourth-order valence-corrected chi connectivity index (χ4v) is 10.1. The minimum atomic E-state index is 0.785. The lowest BCUT2D eigenvalue weighted by Gasteiger charge is -2.16. The van der Waals surface area contributed by atoms with Gasteiger partial charge in [0, 0.05) is 54.4 Å². The van der Waals surface area contributed by atoms with E-state index in [9.17, 15) is 0 Å². The lowest BCUT2D eigenvalue weighted by molar-refractivity contribution is 0.669. The molecule has 4 aromatic heterocycles. The highest BCUT2D eigenvalue weighted by Crippen LogP contribution is 2.52. The summed E-state index contributed by atoms with van der Waals surface area (Å²) in [6, 6.07) is 65.3. The second kappa shape index (κ2) is 11.3. The molecule has 0 radical (unpaired) electrons. The molecule has 13 aromatic rings. The molecule has 0 saturated carbocycles. The molecular weight excluding hydrogens is 721 g/mol. The highest BCUT2D eigenvalue weighted by atomic mass is 16.3. The zero-order valence-electron chi connectivity index (χ0n) is 31.5. The number of hydrogen-bond donors (Lipinski definition) is 0. The number of nitrogens with zero attached hydrogens (tertiary/aromatic N) is 4. The molecule has 0 amide bonds. The quantitative estimate of drug-likeness (QED) is 0.165. The maximum atomic E-state index is 6.31. The summed E-state index contributed by atoms with van der Waals surface area (Å²) in [6.45, 7) is 0. The van der Waals surface area contributed by atoms with E-state index in [-0.39, 0.29) is 0 Å². The first-order valence-electron chi connectivity index (χ1n) is 20.1. The van der Waals surface area contributed by atoms with Crippen LogP contribution in [-0.4, -0.2) is 19.1 Å². The van der Waals surface area contributed by atoms with Gasteiger partial charge in [-0.1, -0.05) is 127 Å². The van der Waals surface area contributed by atoms with Crippen LogP contribution in [0.5, 0.6) is 0 Å². The molecule has 5 heteroatoms. The molecular formula is C54H30N4O. The number of benzene rings is 9. The van der Waals surface area contributed by atoms with E-state index in [4.69, 9.17) is 14.4 Å². The van der Waals surface area contributed by atoms with Crippen LogP contribution in [-0.2, 0) is 0 Å². The van der Waals surface area contributed by atoms with Crippen molar-refractivity contribution in [3.05, 3.63) is 182 Å². The van der Waals surface area contributed by atoms with Crippen LogP contribution in [0.2, 0.25) is 0 Å². The number of rotatable bonds is 2. The molecule has 0 bridgehead atoms. The van der Waals surface area contributed by atoms with Crippen molar-refractivity contribution in [2.45, 2.75) is 0 Å². The van der Waals surface area contributed by atoms with Crippen molar-refractivity contribution in [1.29, 1.82) is 0 Å². The predicted molar refractivity (Wildman–Crippen MR) is 243 cm³/mol. The van der Waals surface area contributed by atoms with E-state index >= 15 is 0 Å². The van der Waals surface area contributed by atoms with E-state index in [0.29, 0.717) is 0 Å². The summed E-state index contributed by atoms with van der Waals surface area (Å²) in [5, 5.41) is 9.11. The third-order valence-corrected chi connectivity index (χ3v) is 12.6. The lowest BCUT2D eigenvalue weighted by Crippen LogP contribution is -2.04. The van der Waals surface area contributed by atoms with Gasteiger partial charge in [-0.3, -0.25) is 4.57 Å². The van der Waals surface area contributed by atoms with Crippen molar-refractivity contribution in [2.75, 3.05) is 0 Å². The minimum absolute atomic E-state index is 0.785. The van der Waals surface area contributed by atoms with E-state index in [1.165, 1.54) is 60.5 Å². The van der Waals surface area contributed by atoms with Crippen LogP contribution >= 0.6 is 0 Å². The molecule has 5 heterocycles. The Morgan fingerprint density at radius 1 is 0.424 bits per heavy atom. The van der Waals surface area contributed by atoms with Crippen LogP contribution in [0.25, 0.3) is 132 Å². The molecule has 1 aliphatic heterocycles. The molecule has 0 spiro atoms. The SMILES string of the molecule is c1ccc2c(c1)-c1ccccc1-n1c3ccccc3c3cc4c(c-2c31)c1ccccc1n4-c1nc2c(ccc3ccccc32)nc1-c1ccc2oc3ccccc3c2c1. The molecule has 272 valence electrons. The largest absolute Gasteiger partial charge is 0.456 e. The van der Waals surface area contributed by atoms with Crippen LogP contribution in [0.3, 0.4) is 0 Å². The summed E-state index contributed by atoms with van der Waals surface area (Å²) in [6.07, 6.45) is 0. The van der Waals surface area contributed by atoms with Crippen LogP contribution < -0.4 is 0 Å². The van der Waals surface area contributed by atoms with Crippen molar-refractivity contribution < 1.29 is 4.42 Å². The van der Waals surface area contributed by atoms with E-state index in [0.717, 1.165) is 71.9 Å². The van der Waals surface area contributed by atoms with Gasteiger partial charge in [0.15, 0.2) is 5.82 Å². The molecule has 0 atom stereocenters. The van der Waals surface area contributed by atoms with Gasteiger partial charge in [0.25, 0.3) is 0 Å². The Morgan fingerprint density at radius 2 is 1.10 bits per heavy atom. The molecule has 9 aromatic carbocycles. The maximum absolute atomic E-state index is 6.31. The third kappa shape index (κ3) is 4.08. The lowest BCUT2D eigenvalue weighted by atomic mass is 9.91. The number of fused-ring (bicyclic) bond motifs is 18. The molecule has 0 aliphatic carbocycles. The van der Waals surface area contributed by atoms with Crippen LogP contribution in [0, 0.1) is 0 Å². The Hall–Kier alpha value is -8.02. The first-order chi connectivity index (χ1) is 29.3. The molecule has 59 heavy (non-hydrogen) atoms. The van der Waals surface area contributed by atoms with Gasteiger partial charge in [-0.05, 0) is 71.1 Å². The van der Waals surface area contributed by atoms with Gasteiger partial charge in [-0.25, -0.2) is 9.97 Å². The predicted octanol–water partition coefficient (Wildman–Crippen LogP) is 14.2. The zero-order valence-corrected chi connectivity index (χ0v) is 31.5. The fourth-order valence-electron chi connectivity index (χ4n) is 10.1. The van der Waals surface area contributed by atoms with Crippen molar-refractivity contribution in [3.8, 4) is 45.0 Å². The van der Waals surface area contributed by atoms with E-state index in [2.05, 4.69) is 179 Å². The second-order valence-corrected chi connectivity index (χ2v) is 15.7. The third-order valence-electron chi connectivity index (χ3n) is 12.6. The van der Waals surface area contributed by atoms with Crippen molar-refractivity contribution in [1.82, 2.24) is 19.1 Å². The minimum Gasteiger partial charge on any atom is -0.456 e. The Kier molecular flexibility index (Phi) is 5.96. The van der Waals surface area contributed by atoms with Gasteiger partial charge in [0.2, 0.25) is 0 Å². The summed E-state index contributed by atoms with van der Waals surface area (Å²) in [5.41, 5.74) is 15.9.